The second-order valence-electron chi connectivity index (χ2n) is 16.3. The molecule has 0 aliphatic carbocycles. The van der Waals surface area contributed by atoms with E-state index in [2.05, 4.69) is 32.3 Å². The number of ketones is 1. The minimum absolute atomic E-state index is 0.0348. The number of cyclic esters (lactones) is 1. The van der Waals surface area contributed by atoms with Gasteiger partial charge >= 0.3 is 12.1 Å². The number of oxime groups is 1. The molecule has 312 valence electrons. The SMILES string of the molecule is CC[C@H]1OC(=O)[C@H](C)C(=O)[C@H](C)[C@@H](OC2O[C@H](C)C[C@H](N(C)C)[C@H]2O)C[C@@](C)(OCC#Cc2ccc3nccnc3c2)[C@@H](C)/C(=N\OC)[C@H](C)C2NC(=O)O[C@@]21C. The Kier molecular flexibility index (Phi) is 14.0. The summed E-state index contributed by atoms with van der Waals surface area (Å²) in [6, 6.07) is 4.56. The summed E-state index contributed by atoms with van der Waals surface area (Å²) in [6.45, 7) is 14.3. The molecule has 0 radical (unpaired) electrons. The topological polar surface area (TPSA) is 180 Å². The Morgan fingerprint density at radius 1 is 1.05 bits per heavy atom. The smallest absolute Gasteiger partial charge is 0.408 e. The van der Waals surface area contributed by atoms with Crippen LogP contribution in [0, 0.1) is 35.5 Å². The van der Waals surface area contributed by atoms with Crippen molar-refractivity contribution < 1.29 is 48.0 Å². The van der Waals surface area contributed by atoms with Gasteiger partial charge in [0.25, 0.3) is 0 Å². The summed E-state index contributed by atoms with van der Waals surface area (Å²) in [6.07, 6.45) is -0.731. The Bertz CT molecular complexity index is 1860. The van der Waals surface area contributed by atoms with Crippen molar-refractivity contribution in [3.05, 3.63) is 36.2 Å². The van der Waals surface area contributed by atoms with Crippen LogP contribution in [0.15, 0.2) is 35.7 Å². The lowest BCUT2D eigenvalue weighted by Crippen LogP contribution is -2.59. The number of hydrogen-bond donors (Lipinski definition) is 2. The number of carbonyl (C=O) groups excluding carboxylic acids is 3. The number of aromatic nitrogens is 2. The van der Waals surface area contributed by atoms with Gasteiger partial charge in [-0.1, -0.05) is 44.7 Å². The number of nitrogens with zero attached hydrogens (tertiary/aromatic N) is 4. The van der Waals surface area contributed by atoms with Crippen molar-refractivity contribution in [1.29, 1.82) is 0 Å². The van der Waals surface area contributed by atoms with E-state index < -0.39 is 83.4 Å². The van der Waals surface area contributed by atoms with Crippen LogP contribution >= 0.6 is 0 Å². The minimum Gasteiger partial charge on any atom is -0.458 e. The summed E-state index contributed by atoms with van der Waals surface area (Å²) in [5.41, 5.74) is 0.185. The first kappa shape index (κ1) is 43.9. The second-order valence-corrected chi connectivity index (χ2v) is 16.3. The average Bonchev–Trinajstić information content (AvgIpc) is 3.50. The number of Topliss-reactive ketones (excluding diaryl/α,β-unsaturated/α-hetero) is 1. The third-order valence-electron chi connectivity index (χ3n) is 12.1. The van der Waals surface area contributed by atoms with Gasteiger partial charge in [0, 0.05) is 48.2 Å². The first-order chi connectivity index (χ1) is 26.9. The highest BCUT2D eigenvalue weighted by Crippen LogP contribution is 2.41. The van der Waals surface area contributed by atoms with E-state index in [-0.39, 0.29) is 25.2 Å². The third-order valence-corrected chi connectivity index (χ3v) is 12.1. The third kappa shape index (κ3) is 9.42. The predicted octanol–water partition coefficient (Wildman–Crippen LogP) is 4.28. The van der Waals surface area contributed by atoms with Crippen molar-refractivity contribution in [2.75, 3.05) is 27.8 Å². The number of hydrogen-bond acceptors (Lipinski definition) is 14. The molecule has 0 bridgehead atoms. The van der Waals surface area contributed by atoms with Gasteiger partial charge in [0.1, 0.15) is 31.8 Å². The lowest BCUT2D eigenvalue weighted by atomic mass is 9.72. The molecule has 4 heterocycles. The normalized spacial score (nSPS) is 37.4. The van der Waals surface area contributed by atoms with Gasteiger partial charge in [-0.25, -0.2) is 4.79 Å². The molecule has 15 heteroatoms. The number of esters is 1. The van der Waals surface area contributed by atoms with Gasteiger partial charge < -0.3 is 43.8 Å². The van der Waals surface area contributed by atoms with Gasteiger partial charge in [0.05, 0.1) is 40.6 Å². The summed E-state index contributed by atoms with van der Waals surface area (Å²) < 4.78 is 31.6. The summed E-state index contributed by atoms with van der Waals surface area (Å²) in [5.74, 6) is 1.90. The van der Waals surface area contributed by atoms with Crippen molar-refractivity contribution >= 4 is 34.6 Å². The van der Waals surface area contributed by atoms with Crippen molar-refractivity contribution in [2.24, 2.45) is 28.8 Å². The van der Waals surface area contributed by atoms with E-state index in [4.69, 9.17) is 28.5 Å². The fraction of sp³-hybridized carbons (Fsp3) is 0.667. The molecular weight excluding hydrogens is 734 g/mol. The van der Waals surface area contributed by atoms with Gasteiger partial charge in [-0.05, 0) is 72.8 Å². The number of fused-ring (bicyclic) bond motifs is 2. The molecule has 2 N–H and O–H groups in total. The Balaban J connectivity index is 1.60. The fourth-order valence-corrected chi connectivity index (χ4v) is 8.45. The van der Waals surface area contributed by atoms with Crippen LogP contribution in [0.5, 0.6) is 0 Å². The van der Waals surface area contributed by atoms with E-state index in [9.17, 15) is 19.5 Å². The maximum atomic E-state index is 14.4. The lowest BCUT2D eigenvalue weighted by Gasteiger charge is -2.46. The molecule has 3 saturated heterocycles. The highest BCUT2D eigenvalue weighted by Gasteiger charge is 2.57. The maximum absolute atomic E-state index is 14.4. The number of carbonyl (C=O) groups is 3. The van der Waals surface area contributed by atoms with Crippen LogP contribution in [0.2, 0.25) is 0 Å². The predicted molar refractivity (Wildman–Crippen MR) is 211 cm³/mol. The molecule has 57 heavy (non-hydrogen) atoms. The standard InChI is InChI=1S/C42H59N5O10/c1-12-33-42(8)37(45-40(51)57-42)25(4)34(46-52-11)27(6)41(7,53-19-13-14-28-15-16-29-30(21-28)44-18-17-43-29)22-32(24(3)35(48)26(5)38(50)56-33)55-39-36(49)31(47(9)10)20-23(2)54-39/h15-18,21,23-27,31-33,36-37,39,49H,12,19-20,22H2,1-11H3,(H,45,51)/b46-34-/t23-,24-,25+,26-,27+,31+,32+,33-,36-,37?,39?,41-,42-/m1/s1. The van der Waals surface area contributed by atoms with Gasteiger partial charge in [-0.3, -0.25) is 19.6 Å². The van der Waals surface area contributed by atoms with E-state index in [0.29, 0.717) is 24.1 Å². The van der Waals surface area contributed by atoms with Crippen LogP contribution in [0.25, 0.3) is 11.0 Å². The second kappa shape index (κ2) is 18.2. The summed E-state index contributed by atoms with van der Waals surface area (Å²) in [5, 5.41) is 19.0. The average molecular weight is 794 g/mol. The van der Waals surface area contributed by atoms with Crippen LogP contribution in [-0.2, 0) is 38.1 Å². The highest BCUT2D eigenvalue weighted by atomic mass is 16.7. The van der Waals surface area contributed by atoms with E-state index in [1.54, 1.807) is 26.2 Å². The largest absolute Gasteiger partial charge is 0.458 e. The number of rotatable bonds is 7. The lowest BCUT2D eigenvalue weighted by molar-refractivity contribution is -0.277. The number of aliphatic hydroxyl groups is 1. The van der Waals surface area contributed by atoms with Crippen LogP contribution in [0.4, 0.5) is 4.79 Å². The molecule has 13 atom stereocenters. The monoisotopic (exact) mass is 793 g/mol. The number of aliphatic hydroxyl groups excluding tert-OH is 1. The van der Waals surface area contributed by atoms with E-state index in [0.717, 1.165) is 11.1 Å². The summed E-state index contributed by atoms with van der Waals surface area (Å²) in [4.78, 5) is 57.3. The van der Waals surface area contributed by atoms with Gasteiger partial charge in [0.2, 0.25) is 0 Å². The molecule has 1 aromatic heterocycles. The zero-order valence-corrected chi connectivity index (χ0v) is 35.0. The molecule has 2 aromatic rings. The number of amides is 1. The number of alkyl carbamates (subject to hydrolysis) is 1. The van der Waals surface area contributed by atoms with Crippen molar-refractivity contribution in [1.82, 2.24) is 20.2 Å². The van der Waals surface area contributed by atoms with Gasteiger partial charge in [0.15, 0.2) is 17.7 Å². The highest BCUT2D eigenvalue weighted by molar-refractivity contribution is 6.00. The molecule has 3 aliphatic rings. The molecule has 0 saturated carbocycles. The first-order valence-electron chi connectivity index (χ1n) is 19.8. The zero-order valence-electron chi connectivity index (χ0n) is 35.0. The minimum atomic E-state index is -1.33. The number of nitrogens with one attached hydrogen (secondary N) is 1. The molecule has 3 fully saturated rings. The maximum Gasteiger partial charge on any atom is 0.408 e. The van der Waals surface area contributed by atoms with Crippen molar-refractivity contribution in [3.63, 3.8) is 0 Å². The van der Waals surface area contributed by atoms with Crippen LogP contribution in [0.1, 0.15) is 80.2 Å². The molecule has 1 aromatic carbocycles. The van der Waals surface area contributed by atoms with Crippen molar-refractivity contribution in [3.8, 4) is 11.8 Å². The van der Waals surface area contributed by atoms with Crippen molar-refractivity contribution in [2.45, 2.75) is 129 Å². The molecule has 0 spiro atoms. The first-order valence-corrected chi connectivity index (χ1v) is 19.8. The Hall–Kier alpha value is -4.20. The quantitative estimate of drug-likeness (QED) is 0.176. The van der Waals surface area contributed by atoms with Crippen LogP contribution < -0.4 is 5.32 Å². The molecular formula is C42H59N5O10. The molecule has 2 unspecified atom stereocenters. The van der Waals surface area contributed by atoms with Crippen LogP contribution in [0.3, 0.4) is 0 Å². The number of likely N-dealkylation sites (N-methyl/N-ethyl adjacent to an activating group) is 1. The molecule has 5 rings (SSSR count). The van der Waals surface area contributed by atoms with E-state index in [1.165, 1.54) is 14.0 Å². The molecule has 15 nitrogen and oxygen atoms in total. The van der Waals surface area contributed by atoms with E-state index >= 15 is 0 Å². The molecule has 3 aliphatic heterocycles. The molecule has 1 amide bonds. The summed E-state index contributed by atoms with van der Waals surface area (Å²) in [7, 11) is 5.20. The Morgan fingerprint density at radius 3 is 2.42 bits per heavy atom. The van der Waals surface area contributed by atoms with Gasteiger partial charge in [-0.2, -0.15) is 0 Å². The number of ether oxygens (including phenoxy) is 5. The fourth-order valence-electron chi connectivity index (χ4n) is 8.45. The van der Waals surface area contributed by atoms with Crippen LogP contribution in [-0.4, -0.2) is 125 Å². The summed E-state index contributed by atoms with van der Waals surface area (Å²) >= 11 is 0. The Morgan fingerprint density at radius 2 is 1.75 bits per heavy atom. The van der Waals surface area contributed by atoms with E-state index in [1.807, 2.05) is 71.8 Å². The zero-order chi connectivity index (χ0) is 41.8. The number of benzene rings is 1. The van der Waals surface area contributed by atoms with Gasteiger partial charge in [-0.15, -0.1) is 0 Å². The Labute approximate surface area is 335 Å².